The van der Waals surface area contributed by atoms with E-state index in [0.717, 1.165) is 51.4 Å². The van der Waals surface area contributed by atoms with Crippen LogP contribution in [-0.4, -0.2) is 47.4 Å². The van der Waals surface area contributed by atoms with Crippen LogP contribution in [0, 0.1) is 0 Å². The second-order valence-electron chi connectivity index (χ2n) is 22.8. The van der Waals surface area contributed by atoms with E-state index in [1.165, 1.54) is 276 Å². The van der Waals surface area contributed by atoms with E-state index in [9.17, 15) is 19.8 Å². The molecule has 436 valence electrons. The van der Waals surface area contributed by atoms with Crippen LogP contribution in [0.1, 0.15) is 361 Å². The van der Waals surface area contributed by atoms with E-state index in [2.05, 4.69) is 55.6 Å². The van der Waals surface area contributed by atoms with Crippen molar-refractivity contribution in [2.24, 2.45) is 0 Å². The molecular formula is C68H129NO5. The molecule has 74 heavy (non-hydrogen) atoms. The molecule has 1 amide bonds. The van der Waals surface area contributed by atoms with E-state index in [-0.39, 0.29) is 18.5 Å². The lowest BCUT2D eigenvalue weighted by Gasteiger charge is -2.22. The minimum absolute atomic E-state index is 0.00661. The fraction of sp³-hybridized carbons (Fsp3) is 0.882. The lowest BCUT2D eigenvalue weighted by Crippen LogP contribution is -2.45. The first kappa shape index (κ1) is 72.1. The molecule has 2 unspecified atom stereocenters. The Labute approximate surface area is 462 Å². The molecule has 0 aromatic rings. The molecule has 0 aliphatic heterocycles. The third kappa shape index (κ3) is 59.3. The van der Waals surface area contributed by atoms with Gasteiger partial charge in [0.2, 0.25) is 5.91 Å². The Morgan fingerprint density at radius 1 is 0.378 bits per heavy atom. The van der Waals surface area contributed by atoms with Crippen molar-refractivity contribution in [3.63, 3.8) is 0 Å². The molecule has 0 aromatic carbocycles. The van der Waals surface area contributed by atoms with Gasteiger partial charge in [-0.15, -0.1) is 0 Å². The van der Waals surface area contributed by atoms with E-state index in [0.29, 0.717) is 25.9 Å². The molecule has 0 saturated carbocycles. The predicted octanol–water partition coefficient (Wildman–Crippen LogP) is 21.1. The summed E-state index contributed by atoms with van der Waals surface area (Å²) in [5.41, 5.74) is 0. The summed E-state index contributed by atoms with van der Waals surface area (Å²) in [5.74, 6) is -0.0265. The minimum atomic E-state index is -0.660. The normalized spacial score (nSPS) is 12.8. The number of hydrogen-bond acceptors (Lipinski definition) is 5. The van der Waals surface area contributed by atoms with Crippen LogP contribution in [0.5, 0.6) is 0 Å². The number of aliphatic hydroxyl groups excluding tert-OH is 2. The van der Waals surface area contributed by atoms with Crippen LogP contribution in [0.2, 0.25) is 0 Å². The van der Waals surface area contributed by atoms with E-state index in [1.807, 2.05) is 0 Å². The SMILES string of the molecule is CCCCC/C=C\CCCCCCCC(=O)OCCCCCCCCCCCCC/C=C\C/C=C\CCCCCCCCCCCCCCCCCCCC(=O)NC(CO)C(O)CCCCCCCCCCCC. The summed E-state index contributed by atoms with van der Waals surface area (Å²) < 4.78 is 5.47. The van der Waals surface area contributed by atoms with Gasteiger partial charge in [0.1, 0.15) is 0 Å². The summed E-state index contributed by atoms with van der Waals surface area (Å²) in [7, 11) is 0. The van der Waals surface area contributed by atoms with Crippen molar-refractivity contribution in [2.45, 2.75) is 373 Å². The van der Waals surface area contributed by atoms with E-state index in [4.69, 9.17) is 4.74 Å². The molecule has 0 bridgehead atoms. The summed E-state index contributed by atoms with van der Waals surface area (Å²) in [4.78, 5) is 24.4. The van der Waals surface area contributed by atoms with Crippen molar-refractivity contribution in [3.05, 3.63) is 36.5 Å². The summed E-state index contributed by atoms with van der Waals surface area (Å²) in [6.45, 7) is 4.93. The zero-order chi connectivity index (χ0) is 53.6. The number of carbonyl (C=O) groups excluding carboxylic acids is 2. The van der Waals surface area contributed by atoms with Gasteiger partial charge in [0, 0.05) is 12.8 Å². The van der Waals surface area contributed by atoms with Crippen LogP contribution < -0.4 is 5.32 Å². The number of nitrogens with one attached hydrogen (secondary N) is 1. The topological polar surface area (TPSA) is 95.9 Å². The van der Waals surface area contributed by atoms with E-state index >= 15 is 0 Å². The highest BCUT2D eigenvalue weighted by molar-refractivity contribution is 5.76. The van der Waals surface area contributed by atoms with Gasteiger partial charge in [-0.25, -0.2) is 0 Å². The van der Waals surface area contributed by atoms with Crippen molar-refractivity contribution in [2.75, 3.05) is 13.2 Å². The number of unbranched alkanes of at least 4 members (excludes halogenated alkanes) is 45. The monoisotopic (exact) mass is 1040 g/mol. The molecule has 0 heterocycles. The zero-order valence-electron chi connectivity index (χ0n) is 49.8. The van der Waals surface area contributed by atoms with Gasteiger partial charge in [0.25, 0.3) is 0 Å². The molecule has 3 N–H and O–H groups in total. The van der Waals surface area contributed by atoms with Gasteiger partial charge in [-0.1, -0.05) is 301 Å². The Morgan fingerprint density at radius 3 is 1.07 bits per heavy atom. The first-order chi connectivity index (χ1) is 36.5. The molecule has 0 aliphatic carbocycles. The highest BCUT2D eigenvalue weighted by Crippen LogP contribution is 2.18. The number of amides is 1. The van der Waals surface area contributed by atoms with Gasteiger partial charge in [-0.2, -0.15) is 0 Å². The fourth-order valence-corrected chi connectivity index (χ4v) is 10.3. The third-order valence-corrected chi connectivity index (χ3v) is 15.4. The molecule has 0 radical (unpaired) electrons. The summed E-state index contributed by atoms with van der Waals surface area (Å²) in [6, 6.07) is -0.538. The highest BCUT2D eigenvalue weighted by atomic mass is 16.5. The molecular weight excluding hydrogens is 911 g/mol. The van der Waals surface area contributed by atoms with Gasteiger partial charge >= 0.3 is 5.97 Å². The standard InChI is InChI=1S/C68H129NO5/c1-3-5-7-9-11-13-15-42-46-50-54-58-62-68(73)74-63-59-55-51-47-43-40-38-36-34-32-30-28-26-24-22-20-18-16-17-19-21-23-25-27-29-31-33-35-37-39-41-45-49-53-57-61-67(72)69-65(64-70)66(71)60-56-52-48-44-14-12-10-8-6-4-2/h11,13,18,20,24,26,65-66,70-71H,3-10,12,14-17,19,21-23,25,27-64H2,1-2H3,(H,69,72)/b13-11-,20-18-,26-24-. The van der Waals surface area contributed by atoms with Crippen LogP contribution in [0.4, 0.5) is 0 Å². The van der Waals surface area contributed by atoms with Crippen LogP contribution in [0.3, 0.4) is 0 Å². The number of allylic oxidation sites excluding steroid dienone is 6. The molecule has 6 nitrogen and oxygen atoms in total. The van der Waals surface area contributed by atoms with Crippen molar-refractivity contribution >= 4 is 11.9 Å². The van der Waals surface area contributed by atoms with E-state index < -0.39 is 12.1 Å². The molecule has 0 aliphatic rings. The predicted molar refractivity (Wildman–Crippen MR) is 324 cm³/mol. The lowest BCUT2D eigenvalue weighted by molar-refractivity contribution is -0.143. The van der Waals surface area contributed by atoms with E-state index in [1.54, 1.807) is 0 Å². The van der Waals surface area contributed by atoms with Crippen LogP contribution in [-0.2, 0) is 14.3 Å². The molecule has 0 fully saturated rings. The fourth-order valence-electron chi connectivity index (χ4n) is 10.3. The number of aliphatic hydroxyl groups is 2. The van der Waals surface area contributed by atoms with Gasteiger partial charge < -0.3 is 20.3 Å². The Hall–Kier alpha value is -1.92. The van der Waals surface area contributed by atoms with Gasteiger partial charge in [-0.3, -0.25) is 9.59 Å². The number of hydrogen-bond donors (Lipinski definition) is 3. The maximum Gasteiger partial charge on any atom is 0.305 e. The Morgan fingerprint density at radius 2 is 0.676 bits per heavy atom. The first-order valence-corrected chi connectivity index (χ1v) is 33.2. The summed E-state index contributed by atoms with van der Waals surface area (Å²) in [5, 5.41) is 23.2. The Kier molecular flexibility index (Phi) is 62.0. The van der Waals surface area contributed by atoms with Crippen LogP contribution >= 0.6 is 0 Å². The number of rotatable bonds is 62. The van der Waals surface area contributed by atoms with Crippen LogP contribution in [0.25, 0.3) is 0 Å². The number of esters is 1. The second-order valence-corrected chi connectivity index (χ2v) is 22.8. The smallest absolute Gasteiger partial charge is 0.305 e. The maximum atomic E-state index is 12.4. The van der Waals surface area contributed by atoms with Crippen molar-refractivity contribution in [3.8, 4) is 0 Å². The first-order valence-electron chi connectivity index (χ1n) is 33.2. The molecule has 6 heteroatoms. The molecule has 0 saturated heterocycles. The lowest BCUT2D eigenvalue weighted by atomic mass is 10.0. The van der Waals surface area contributed by atoms with Gasteiger partial charge in [0.05, 0.1) is 25.4 Å². The van der Waals surface area contributed by atoms with Gasteiger partial charge in [0.15, 0.2) is 0 Å². The highest BCUT2D eigenvalue weighted by Gasteiger charge is 2.20. The largest absolute Gasteiger partial charge is 0.466 e. The van der Waals surface area contributed by atoms with Gasteiger partial charge in [-0.05, 0) is 83.5 Å². The Balaban J connectivity index is 3.35. The van der Waals surface area contributed by atoms with Crippen molar-refractivity contribution in [1.29, 1.82) is 0 Å². The quantitative estimate of drug-likeness (QED) is 0.0320. The van der Waals surface area contributed by atoms with Crippen molar-refractivity contribution in [1.82, 2.24) is 5.32 Å². The summed E-state index contributed by atoms with van der Waals surface area (Å²) >= 11 is 0. The Bertz CT molecular complexity index is 1200. The molecule has 0 spiro atoms. The average molecular weight is 1040 g/mol. The number of ether oxygens (including phenoxy) is 1. The number of carbonyl (C=O) groups is 2. The average Bonchev–Trinajstić information content (AvgIpc) is 3.40. The maximum absolute atomic E-state index is 12.4. The molecule has 2 atom stereocenters. The minimum Gasteiger partial charge on any atom is -0.466 e. The zero-order valence-corrected chi connectivity index (χ0v) is 49.8. The molecule has 0 rings (SSSR count). The second kappa shape index (κ2) is 63.6. The van der Waals surface area contributed by atoms with Crippen molar-refractivity contribution < 1.29 is 24.5 Å². The third-order valence-electron chi connectivity index (χ3n) is 15.4. The molecule has 0 aromatic heterocycles. The van der Waals surface area contributed by atoms with Crippen LogP contribution in [0.15, 0.2) is 36.5 Å². The summed E-state index contributed by atoms with van der Waals surface area (Å²) in [6.07, 6.45) is 80.5.